The van der Waals surface area contributed by atoms with Gasteiger partial charge in [0, 0.05) is 10.9 Å². The maximum Gasteiger partial charge on any atom is 0.229 e. The Morgan fingerprint density at radius 3 is 2.50 bits per heavy atom. The summed E-state index contributed by atoms with van der Waals surface area (Å²) in [7, 11) is 0. The molecule has 1 aliphatic rings. The van der Waals surface area contributed by atoms with Gasteiger partial charge in [-0.25, -0.2) is 0 Å². The number of furan rings is 1. The minimum Gasteiger partial charge on any atom is -0.507 e. The monoisotopic (exact) mass is 264 g/mol. The van der Waals surface area contributed by atoms with Crippen LogP contribution in [0.4, 0.5) is 0 Å². The second-order valence-electron chi connectivity index (χ2n) is 4.66. The first-order chi connectivity index (χ1) is 9.68. The Labute approximate surface area is 113 Å². The van der Waals surface area contributed by atoms with Crippen molar-refractivity contribution in [2.45, 2.75) is 0 Å². The maximum atomic E-state index is 12.6. The number of para-hydroxylation sites is 1. The number of carbonyl (C=O) groups is 2. The lowest BCUT2D eigenvalue weighted by molar-refractivity contribution is 0.0960. The molecule has 0 bridgehead atoms. The van der Waals surface area contributed by atoms with Gasteiger partial charge in [0.2, 0.25) is 11.6 Å². The molecule has 0 saturated carbocycles. The van der Waals surface area contributed by atoms with Gasteiger partial charge in [0.05, 0.1) is 11.1 Å². The van der Waals surface area contributed by atoms with Crippen molar-refractivity contribution in [1.82, 2.24) is 0 Å². The molecule has 1 aliphatic carbocycles. The largest absolute Gasteiger partial charge is 0.507 e. The van der Waals surface area contributed by atoms with Crippen molar-refractivity contribution < 1.29 is 19.1 Å². The van der Waals surface area contributed by atoms with Crippen LogP contribution >= 0.6 is 0 Å². The number of fused-ring (bicyclic) bond motifs is 4. The van der Waals surface area contributed by atoms with Crippen LogP contribution < -0.4 is 0 Å². The van der Waals surface area contributed by atoms with E-state index in [1.165, 1.54) is 18.2 Å². The van der Waals surface area contributed by atoms with E-state index in [0.29, 0.717) is 11.0 Å². The van der Waals surface area contributed by atoms with Gasteiger partial charge in [-0.05, 0) is 18.2 Å². The number of phenols is 1. The van der Waals surface area contributed by atoms with Crippen molar-refractivity contribution in [3.63, 3.8) is 0 Å². The average Bonchev–Trinajstić information content (AvgIpc) is 2.84. The highest BCUT2D eigenvalue weighted by Gasteiger charge is 2.36. The smallest absolute Gasteiger partial charge is 0.229 e. The highest BCUT2D eigenvalue weighted by atomic mass is 16.3. The molecule has 1 aromatic heterocycles. The molecule has 0 saturated heterocycles. The fourth-order valence-corrected chi connectivity index (χ4v) is 2.65. The van der Waals surface area contributed by atoms with Crippen molar-refractivity contribution in [3.8, 4) is 5.75 Å². The van der Waals surface area contributed by atoms with Gasteiger partial charge in [-0.15, -0.1) is 0 Å². The third-order valence-corrected chi connectivity index (χ3v) is 3.54. The molecule has 0 spiro atoms. The summed E-state index contributed by atoms with van der Waals surface area (Å²) in [6, 6.07) is 11.4. The first-order valence-corrected chi connectivity index (χ1v) is 6.11. The summed E-state index contributed by atoms with van der Waals surface area (Å²) in [5.41, 5.74) is 0.962. The predicted molar refractivity (Wildman–Crippen MR) is 71.2 cm³/mol. The van der Waals surface area contributed by atoms with Crippen LogP contribution in [0, 0.1) is 0 Å². The molecule has 20 heavy (non-hydrogen) atoms. The fourth-order valence-electron chi connectivity index (χ4n) is 2.65. The van der Waals surface area contributed by atoms with Crippen molar-refractivity contribution in [3.05, 3.63) is 64.9 Å². The van der Waals surface area contributed by atoms with Crippen LogP contribution in [0.5, 0.6) is 5.75 Å². The van der Waals surface area contributed by atoms with E-state index in [1.54, 1.807) is 24.3 Å². The number of ketones is 2. The third-order valence-electron chi connectivity index (χ3n) is 3.54. The van der Waals surface area contributed by atoms with Gasteiger partial charge in [0.1, 0.15) is 11.3 Å². The lowest BCUT2D eigenvalue weighted by atomic mass is 9.86. The molecule has 2 aromatic carbocycles. The molecule has 0 aliphatic heterocycles. The van der Waals surface area contributed by atoms with E-state index >= 15 is 0 Å². The van der Waals surface area contributed by atoms with Gasteiger partial charge in [-0.3, -0.25) is 9.59 Å². The molecular formula is C16H8O4. The second kappa shape index (κ2) is 3.57. The van der Waals surface area contributed by atoms with Crippen molar-refractivity contribution in [1.29, 1.82) is 0 Å². The third kappa shape index (κ3) is 1.20. The molecule has 4 nitrogen and oxygen atoms in total. The Balaban J connectivity index is 2.14. The highest BCUT2D eigenvalue weighted by Crippen LogP contribution is 2.37. The van der Waals surface area contributed by atoms with Crippen LogP contribution in [0.25, 0.3) is 11.0 Å². The molecule has 1 heterocycles. The molecule has 0 radical (unpaired) electrons. The number of benzene rings is 2. The topological polar surface area (TPSA) is 67.5 Å². The Kier molecular flexibility index (Phi) is 1.96. The van der Waals surface area contributed by atoms with Crippen molar-refractivity contribution >= 4 is 22.5 Å². The zero-order valence-corrected chi connectivity index (χ0v) is 10.2. The Morgan fingerprint density at radius 2 is 1.65 bits per heavy atom. The number of hydrogen-bond acceptors (Lipinski definition) is 4. The van der Waals surface area contributed by atoms with Gasteiger partial charge >= 0.3 is 0 Å². The van der Waals surface area contributed by atoms with Crippen LogP contribution in [0.3, 0.4) is 0 Å². The van der Waals surface area contributed by atoms with Crippen LogP contribution in [0.15, 0.2) is 46.9 Å². The molecular weight excluding hydrogens is 256 g/mol. The lowest BCUT2D eigenvalue weighted by Gasteiger charge is -2.14. The van der Waals surface area contributed by atoms with Crippen LogP contribution in [-0.2, 0) is 0 Å². The normalized spacial score (nSPS) is 13.4. The molecule has 0 fully saturated rings. The van der Waals surface area contributed by atoms with E-state index in [9.17, 15) is 14.7 Å². The Morgan fingerprint density at radius 1 is 0.850 bits per heavy atom. The fraction of sp³-hybridized carbons (Fsp3) is 0. The second-order valence-corrected chi connectivity index (χ2v) is 4.66. The molecule has 4 heteroatoms. The summed E-state index contributed by atoms with van der Waals surface area (Å²) in [6.45, 7) is 0. The number of carbonyl (C=O) groups excluding carboxylic acids is 2. The number of rotatable bonds is 0. The number of phenolic OH excluding ortho intramolecular Hbond substituents is 1. The number of hydrogen-bond donors (Lipinski definition) is 1. The van der Waals surface area contributed by atoms with E-state index in [-0.39, 0.29) is 39.8 Å². The summed E-state index contributed by atoms with van der Waals surface area (Å²) in [5.74, 6) is -0.884. The number of aromatic hydroxyl groups is 1. The summed E-state index contributed by atoms with van der Waals surface area (Å²) in [6.07, 6.45) is 0. The van der Waals surface area contributed by atoms with Crippen molar-refractivity contribution in [2.75, 3.05) is 0 Å². The maximum absolute atomic E-state index is 12.6. The molecule has 3 aromatic rings. The van der Waals surface area contributed by atoms with Gasteiger partial charge in [0.15, 0.2) is 5.76 Å². The summed E-state index contributed by atoms with van der Waals surface area (Å²) in [4.78, 5) is 25.0. The Hall–Kier alpha value is -2.88. The Bertz CT molecular complexity index is 902. The first kappa shape index (κ1) is 11.0. The van der Waals surface area contributed by atoms with Gasteiger partial charge in [0.25, 0.3) is 0 Å². The van der Waals surface area contributed by atoms with Crippen LogP contribution in [0.1, 0.15) is 32.0 Å². The molecule has 0 atom stereocenters. The zero-order chi connectivity index (χ0) is 13.9. The van der Waals surface area contributed by atoms with E-state index in [4.69, 9.17) is 4.42 Å². The zero-order valence-electron chi connectivity index (χ0n) is 10.2. The van der Waals surface area contributed by atoms with Crippen molar-refractivity contribution in [2.24, 2.45) is 0 Å². The predicted octanol–water partition coefficient (Wildman–Crippen LogP) is 2.91. The minimum absolute atomic E-state index is 0.0503. The summed E-state index contributed by atoms with van der Waals surface area (Å²) >= 11 is 0. The van der Waals surface area contributed by atoms with Gasteiger partial charge in [-0.2, -0.15) is 0 Å². The molecule has 1 N–H and O–H groups in total. The quantitative estimate of drug-likeness (QED) is 0.530. The molecule has 96 valence electrons. The van der Waals surface area contributed by atoms with E-state index in [1.807, 2.05) is 0 Å². The van der Waals surface area contributed by atoms with Crippen LogP contribution in [-0.4, -0.2) is 16.7 Å². The van der Waals surface area contributed by atoms with Gasteiger partial charge < -0.3 is 9.52 Å². The molecule has 4 rings (SSSR count). The van der Waals surface area contributed by atoms with E-state index in [2.05, 4.69) is 0 Å². The highest BCUT2D eigenvalue weighted by molar-refractivity contribution is 6.32. The van der Waals surface area contributed by atoms with Gasteiger partial charge in [-0.1, -0.05) is 24.3 Å². The summed E-state index contributed by atoms with van der Waals surface area (Å²) in [5, 5.41) is 10.5. The minimum atomic E-state index is -0.377. The summed E-state index contributed by atoms with van der Waals surface area (Å²) < 4.78 is 5.52. The molecule has 0 amide bonds. The molecule has 0 unspecified atom stereocenters. The van der Waals surface area contributed by atoms with E-state index < -0.39 is 0 Å². The van der Waals surface area contributed by atoms with E-state index in [0.717, 1.165) is 0 Å². The lowest BCUT2D eigenvalue weighted by Crippen LogP contribution is -2.19. The van der Waals surface area contributed by atoms with Crippen LogP contribution in [0.2, 0.25) is 0 Å². The SMILES string of the molecule is O=C1c2cccc(O)c2C(=O)c2c1oc1ccccc21. The standard InChI is InChI=1S/C16H8O4/c17-10-6-3-5-9-12(10)15(19)13-8-4-1-2-7-11(8)20-16(13)14(9)18/h1-7,17H. The average molecular weight is 264 g/mol. The first-order valence-electron chi connectivity index (χ1n) is 6.11.